The molecule has 4 unspecified atom stereocenters. The third-order valence-electron chi connectivity index (χ3n) is 19.6. The fourth-order valence-corrected chi connectivity index (χ4v) is 11.0. The molecule has 1 aromatic heterocycles. The number of rotatable bonds is 23. The highest BCUT2D eigenvalue weighted by atomic mass is 32.1. The zero-order valence-corrected chi connectivity index (χ0v) is 77.2. The standard InChI is InChI=1S/C16H18O3.C16H16S.C14H21NO2.C13H18O2.C12H16O3.C12H16O2.C11H15NO.4C2H6/c1-4-16(2,3)15(18)19-14-8-6-11-9-13(17)7-5-12(11)10-14;1-3-11(2)12-8-6-9-14-13-7-4-5-10-15(13)17-16(12)14;1-5-9(2)14(17)15-8-12-6-10(3)13(16)11(4)7-12;1-3-11(2)13(14)15-10-9-12-7-5-4-6-8-12;1-4-12(2,3)11(14)15-10-7-5-9(13)6-8-10;1-4-12(2,3)11(13)14-10-8-6-5-7-9-10;1-3-9(2)11(13)12-10-7-5-4-6-8-10;4*1-2/h5-10,17H,4H2,1-3H3;4-11H,3H2,1-2H3;6-7,9,16H,5,8H2,1-4H3,(H,15,17);4-8,11H,3,9-10H2,1-2H3;5-8,13H,4H2,1-3H3;5-9H,4H2,1-3H3;4-9H,3H2,1-2H3,(H,12,13);4*1-2H3. The molecule has 0 spiro atoms. The highest BCUT2D eigenvalue weighted by Gasteiger charge is 2.30. The molecule has 9 aromatic carbocycles. The van der Waals surface area contributed by atoms with Gasteiger partial charge in [0.25, 0.3) is 0 Å². The van der Waals surface area contributed by atoms with E-state index in [-0.39, 0.29) is 64.9 Å². The number of fused-ring (bicyclic) bond motifs is 4. The molecule has 0 aliphatic heterocycles. The van der Waals surface area contributed by atoms with E-state index in [0.717, 1.165) is 78.1 Å². The molecule has 15 nitrogen and oxygen atoms in total. The normalized spacial score (nSPS) is 11.3. The molecule has 10 rings (SSSR count). The Bertz CT molecular complexity index is 4450. The molecular formula is C102H144N2O13S. The van der Waals surface area contributed by atoms with Crippen LogP contribution in [0.1, 0.15) is 252 Å². The van der Waals surface area contributed by atoms with Gasteiger partial charge >= 0.3 is 23.9 Å². The minimum Gasteiger partial charge on any atom is -0.508 e. The van der Waals surface area contributed by atoms with Crippen LogP contribution in [-0.4, -0.2) is 57.6 Å². The Morgan fingerprint density at radius 3 is 1.32 bits per heavy atom. The van der Waals surface area contributed by atoms with Gasteiger partial charge in [0, 0.05) is 50.7 Å². The van der Waals surface area contributed by atoms with Gasteiger partial charge < -0.3 is 44.9 Å². The first-order valence-corrected chi connectivity index (χ1v) is 43.3. The summed E-state index contributed by atoms with van der Waals surface area (Å²) in [4.78, 5) is 69.7. The van der Waals surface area contributed by atoms with E-state index in [1.807, 2.05) is 281 Å². The molecular weight excluding hydrogens is 1490 g/mol. The predicted molar refractivity (Wildman–Crippen MR) is 497 cm³/mol. The van der Waals surface area contributed by atoms with Crippen LogP contribution in [-0.2, 0) is 46.5 Å². The average molecular weight is 1640 g/mol. The number of hydrogen-bond donors (Lipinski definition) is 5. The van der Waals surface area contributed by atoms with Crippen LogP contribution in [0, 0.1) is 47.8 Å². The number of para-hydroxylation sites is 2. The molecule has 0 bridgehead atoms. The van der Waals surface area contributed by atoms with Gasteiger partial charge in [0.2, 0.25) is 11.8 Å². The second-order valence-corrected chi connectivity index (χ2v) is 30.5. The Labute approximate surface area is 713 Å². The van der Waals surface area contributed by atoms with Crippen molar-refractivity contribution in [1.82, 2.24) is 5.32 Å². The second-order valence-electron chi connectivity index (χ2n) is 29.5. The number of thiophene rings is 1. The number of ether oxygens (including phenoxy) is 4. The van der Waals surface area contributed by atoms with Crippen LogP contribution in [0.3, 0.4) is 0 Å². The smallest absolute Gasteiger partial charge is 0.316 e. The van der Waals surface area contributed by atoms with Gasteiger partial charge in [-0.15, -0.1) is 11.3 Å². The molecule has 2 amide bonds. The maximum atomic E-state index is 12.0. The summed E-state index contributed by atoms with van der Waals surface area (Å²) >= 11 is 1.93. The van der Waals surface area contributed by atoms with Gasteiger partial charge in [0.1, 0.15) is 34.5 Å². The molecule has 0 radical (unpaired) electrons. The van der Waals surface area contributed by atoms with E-state index in [1.54, 1.807) is 54.6 Å². The molecule has 0 saturated heterocycles. The van der Waals surface area contributed by atoms with E-state index >= 15 is 0 Å². The Balaban J connectivity index is 0.00000134. The summed E-state index contributed by atoms with van der Waals surface area (Å²) in [5, 5.41) is 38.5. The van der Waals surface area contributed by atoms with Gasteiger partial charge in [-0.25, -0.2) is 0 Å². The lowest BCUT2D eigenvalue weighted by Gasteiger charge is -2.20. The largest absolute Gasteiger partial charge is 0.508 e. The molecule has 0 aliphatic rings. The van der Waals surface area contributed by atoms with Gasteiger partial charge in [-0.3, -0.25) is 28.8 Å². The monoisotopic (exact) mass is 1640 g/mol. The lowest BCUT2D eigenvalue weighted by atomic mass is 9.91. The van der Waals surface area contributed by atoms with Crippen molar-refractivity contribution in [2.24, 2.45) is 34.0 Å². The summed E-state index contributed by atoms with van der Waals surface area (Å²) in [6.45, 7) is 54.1. The van der Waals surface area contributed by atoms with E-state index in [0.29, 0.717) is 42.1 Å². The third kappa shape index (κ3) is 38.8. The number of carbonyl (C=O) groups is 6. The number of phenols is 3. The van der Waals surface area contributed by atoms with Gasteiger partial charge in [-0.05, 0) is 224 Å². The van der Waals surface area contributed by atoms with E-state index < -0.39 is 16.2 Å². The molecule has 0 fully saturated rings. The van der Waals surface area contributed by atoms with Crippen LogP contribution in [0.15, 0.2) is 206 Å². The lowest BCUT2D eigenvalue weighted by molar-refractivity contribution is -0.148. The van der Waals surface area contributed by atoms with Crippen LogP contribution < -0.4 is 24.8 Å². The Kier molecular flexibility index (Phi) is 53.4. The Hall–Kier alpha value is -10.3. The van der Waals surface area contributed by atoms with Crippen molar-refractivity contribution in [3.05, 3.63) is 234 Å². The number of esters is 4. The molecule has 118 heavy (non-hydrogen) atoms. The molecule has 0 saturated carbocycles. The molecule has 4 atom stereocenters. The molecule has 1 heterocycles. The molecule has 16 heteroatoms. The van der Waals surface area contributed by atoms with Gasteiger partial charge in [0.15, 0.2) is 0 Å². The van der Waals surface area contributed by atoms with Crippen molar-refractivity contribution in [2.45, 2.75) is 251 Å². The first kappa shape index (κ1) is 108. The van der Waals surface area contributed by atoms with Gasteiger partial charge in [-0.2, -0.15) is 0 Å². The van der Waals surface area contributed by atoms with Crippen LogP contribution in [0.25, 0.3) is 30.9 Å². The third-order valence-corrected chi connectivity index (χ3v) is 20.8. The number of carbonyl (C=O) groups excluding carboxylic acids is 6. The number of benzene rings is 9. The number of aromatic hydroxyl groups is 3. The predicted octanol–water partition coefficient (Wildman–Crippen LogP) is 27.5. The average Bonchev–Trinajstić information content (AvgIpc) is 1.62. The van der Waals surface area contributed by atoms with Crippen molar-refractivity contribution in [3.63, 3.8) is 0 Å². The Morgan fingerprint density at radius 1 is 0.415 bits per heavy atom. The second kappa shape index (κ2) is 58.5. The summed E-state index contributed by atoms with van der Waals surface area (Å²) < 4.78 is 23.8. The first-order chi connectivity index (χ1) is 56.2. The van der Waals surface area contributed by atoms with Crippen molar-refractivity contribution < 1.29 is 63.0 Å². The molecule has 5 N–H and O–H groups in total. The van der Waals surface area contributed by atoms with E-state index in [1.165, 1.54) is 49.9 Å². The highest BCUT2D eigenvalue weighted by Crippen LogP contribution is 2.39. The fourth-order valence-electron chi connectivity index (χ4n) is 9.71. The van der Waals surface area contributed by atoms with E-state index in [9.17, 15) is 39.0 Å². The summed E-state index contributed by atoms with van der Waals surface area (Å²) in [7, 11) is 0. The van der Waals surface area contributed by atoms with Crippen molar-refractivity contribution >= 4 is 83.7 Å². The van der Waals surface area contributed by atoms with Crippen LogP contribution in [0.2, 0.25) is 0 Å². The number of hydrogen-bond acceptors (Lipinski definition) is 14. The minimum atomic E-state index is -0.482. The van der Waals surface area contributed by atoms with Crippen LogP contribution in [0.5, 0.6) is 34.5 Å². The fraction of sp³-hybridized carbons (Fsp3) is 0.431. The van der Waals surface area contributed by atoms with Crippen molar-refractivity contribution in [1.29, 1.82) is 0 Å². The maximum absolute atomic E-state index is 12.0. The molecule has 10 aromatic rings. The Morgan fingerprint density at radius 2 is 0.831 bits per heavy atom. The quantitative estimate of drug-likeness (QED) is 0.0297. The maximum Gasteiger partial charge on any atom is 0.316 e. The lowest BCUT2D eigenvalue weighted by Crippen LogP contribution is -2.28. The summed E-state index contributed by atoms with van der Waals surface area (Å²) in [6.07, 6.45) is 6.79. The zero-order valence-electron chi connectivity index (χ0n) is 76.3. The van der Waals surface area contributed by atoms with E-state index in [2.05, 4.69) is 66.9 Å². The van der Waals surface area contributed by atoms with E-state index in [4.69, 9.17) is 24.1 Å². The first-order valence-electron chi connectivity index (χ1n) is 42.4. The number of nitrogens with one attached hydrogen (secondary N) is 2. The molecule has 0 aliphatic carbocycles. The highest BCUT2D eigenvalue weighted by molar-refractivity contribution is 7.26. The van der Waals surface area contributed by atoms with Crippen LogP contribution >= 0.6 is 11.3 Å². The number of phenolic OH excluding ortho intramolecular Hbond substituents is 3. The van der Waals surface area contributed by atoms with Crippen molar-refractivity contribution in [3.8, 4) is 34.5 Å². The zero-order chi connectivity index (χ0) is 89.7. The SMILES string of the molecule is CC.CC.CC.CC.CCC(C)(C)C(=O)Oc1ccc(O)cc1.CCC(C)(C)C(=O)Oc1ccc2cc(O)ccc2c1.CCC(C)(C)C(=O)Oc1ccccc1.CCC(C)C(=O)NCc1cc(C)c(O)c(C)c1.CCC(C)C(=O)Nc1ccccc1.CCC(C)C(=O)OCCc1ccccc1.CCC(C)c1cccc2c1sc1ccccc12. The number of amides is 2. The van der Waals surface area contributed by atoms with Gasteiger partial charge in [-0.1, -0.05) is 259 Å². The molecule has 646 valence electrons. The summed E-state index contributed by atoms with van der Waals surface area (Å²) in [5.41, 5.74) is 4.93. The topological polar surface area (TPSA) is 224 Å². The summed E-state index contributed by atoms with van der Waals surface area (Å²) in [5.74, 6) is 2.54. The number of aryl methyl sites for hydroxylation is 2. The minimum absolute atomic E-state index is 0.0146. The summed E-state index contributed by atoms with van der Waals surface area (Å²) in [6, 6.07) is 64.5. The number of anilines is 1. The van der Waals surface area contributed by atoms with Crippen molar-refractivity contribution in [2.75, 3.05) is 11.9 Å². The van der Waals surface area contributed by atoms with Crippen LogP contribution in [0.4, 0.5) is 5.69 Å². The van der Waals surface area contributed by atoms with Gasteiger partial charge in [0.05, 0.1) is 28.8 Å².